The second-order valence-corrected chi connectivity index (χ2v) is 8.98. The molecule has 1 unspecified atom stereocenters. The van der Waals surface area contributed by atoms with E-state index in [0.29, 0.717) is 36.4 Å². The second kappa shape index (κ2) is 9.07. The van der Waals surface area contributed by atoms with E-state index in [-0.39, 0.29) is 17.7 Å². The number of carbonyl (C=O) groups is 2. The number of nitrogens with one attached hydrogen (secondary N) is 2. The Morgan fingerprint density at radius 3 is 2.87 bits per heavy atom. The Kier molecular flexibility index (Phi) is 6.24. The molecule has 0 saturated carbocycles. The Morgan fingerprint density at radius 2 is 2.23 bits per heavy atom. The first kappa shape index (κ1) is 21.3. The number of fused-ring (bicyclic) bond motifs is 1. The lowest BCUT2D eigenvalue weighted by Crippen LogP contribution is -2.21. The molecule has 4 heterocycles. The van der Waals surface area contributed by atoms with E-state index in [1.165, 1.54) is 23.8 Å². The molecule has 2 N–H and O–H groups in total. The number of ether oxygens (including phenoxy) is 2. The van der Waals surface area contributed by atoms with Crippen LogP contribution in [0.4, 0.5) is 11.4 Å². The molecule has 0 bridgehead atoms. The summed E-state index contributed by atoms with van der Waals surface area (Å²) in [7, 11) is 1.33. The number of hydrogen-bond acceptors (Lipinski definition) is 7. The fourth-order valence-corrected chi connectivity index (χ4v) is 4.70. The molecule has 1 amide bonds. The first-order valence-electron chi connectivity index (χ1n) is 10.2. The Labute approximate surface area is 184 Å². The van der Waals surface area contributed by atoms with E-state index in [4.69, 9.17) is 9.47 Å². The van der Waals surface area contributed by atoms with E-state index < -0.39 is 5.97 Å². The average molecular weight is 443 g/mol. The predicted molar refractivity (Wildman–Crippen MR) is 121 cm³/mol. The van der Waals surface area contributed by atoms with Crippen LogP contribution in [0.5, 0.6) is 0 Å². The van der Waals surface area contributed by atoms with Gasteiger partial charge in [-0.2, -0.15) is 0 Å². The highest BCUT2D eigenvalue weighted by molar-refractivity contribution is 7.11. The van der Waals surface area contributed by atoms with Crippen LogP contribution in [0.15, 0.2) is 24.4 Å². The quantitative estimate of drug-likeness (QED) is 0.538. The summed E-state index contributed by atoms with van der Waals surface area (Å²) < 4.78 is 12.6. The summed E-state index contributed by atoms with van der Waals surface area (Å²) in [5.41, 5.74) is 2.10. The maximum Gasteiger partial charge on any atom is 0.356 e. The summed E-state index contributed by atoms with van der Waals surface area (Å²) in [6.45, 7) is 5.33. The minimum absolute atomic E-state index is 0.00847. The van der Waals surface area contributed by atoms with Gasteiger partial charge in [-0.05, 0) is 38.0 Å². The van der Waals surface area contributed by atoms with Crippen LogP contribution in [0.3, 0.4) is 0 Å². The number of anilines is 2. The molecule has 0 spiro atoms. The van der Waals surface area contributed by atoms with Gasteiger partial charge in [0.1, 0.15) is 5.65 Å². The van der Waals surface area contributed by atoms with Crippen LogP contribution in [-0.4, -0.2) is 41.2 Å². The van der Waals surface area contributed by atoms with E-state index in [2.05, 4.69) is 34.7 Å². The van der Waals surface area contributed by atoms with Crippen molar-refractivity contribution in [3.63, 3.8) is 0 Å². The van der Waals surface area contributed by atoms with Gasteiger partial charge in [0.05, 0.1) is 37.3 Å². The normalized spacial score (nSPS) is 15.9. The van der Waals surface area contributed by atoms with Crippen LogP contribution in [0.1, 0.15) is 40.0 Å². The highest BCUT2D eigenvalue weighted by Crippen LogP contribution is 2.34. The molecule has 31 heavy (non-hydrogen) atoms. The fraction of sp³-hybridized carbons (Fsp3) is 0.409. The molecule has 1 saturated heterocycles. The fourth-order valence-electron chi connectivity index (χ4n) is 3.87. The van der Waals surface area contributed by atoms with Gasteiger partial charge >= 0.3 is 5.97 Å². The number of aryl methyl sites for hydroxylation is 1. The van der Waals surface area contributed by atoms with Crippen molar-refractivity contribution in [1.29, 1.82) is 0 Å². The van der Waals surface area contributed by atoms with Gasteiger partial charge in [-0.1, -0.05) is 0 Å². The van der Waals surface area contributed by atoms with Crippen molar-refractivity contribution in [2.75, 3.05) is 24.4 Å². The minimum atomic E-state index is -0.525. The number of rotatable bonds is 7. The van der Waals surface area contributed by atoms with Crippen LogP contribution >= 0.6 is 11.3 Å². The van der Waals surface area contributed by atoms with E-state index in [1.807, 2.05) is 6.07 Å². The number of hydrogen-bond donors (Lipinski definition) is 2. The Balaban J connectivity index is 1.76. The summed E-state index contributed by atoms with van der Waals surface area (Å²) in [6.07, 6.45) is 3.63. The smallest absolute Gasteiger partial charge is 0.356 e. The summed E-state index contributed by atoms with van der Waals surface area (Å²) in [5, 5.41) is 6.87. The first-order valence-corrected chi connectivity index (χ1v) is 11.1. The maximum absolute atomic E-state index is 12.7. The van der Waals surface area contributed by atoms with Crippen LogP contribution < -0.4 is 10.6 Å². The molecule has 1 atom stereocenters. The number of amides is 1. The molecule has 1 fully saturated rings. The third-order valence-electron chi connectivity index (χ3n) is 5.25. The zero-order valence-corrected chi connectivity index (χ0v) is 18.7. The summed E-state index contributed by atoms with van der Waals surface area (Å²) >= 11 is 1.73. The molecular formula is C22H26N4O4S. The van der Waals surface area contributed by atoms with Crippen LogP contribution in [0.25, 0.3) is 11.0 Å². The van der Waals surface area contributed by atoms with Gasteiger partial charge < -0.3 is 24.7 Å². The van der Waals surface area contributed by atoms with Gasteiger partial charge in [0.15, 0.2) is 5.69 Å². The van der Waals surface area contributed by atoms with Crippen molar-refractivity contribution in [3.8, 4) is 0 Å². The van der Waals surface area contributed by atoms with Crippen molar-refractivity contribution < 1.29 is 19.1 Å². The molecular weight excluding hydrogens is 416 g/mol. The number of methoxy groups -OCH3 is 1. The van der Waals surface area contributed by atoms with Gasteiger partial charge in [-0.25, -0.2) is 9.78 Å². The second-order valence-electron chi connectivity index (χ2n) is 7.60. The largest absolute Gasteiger partial charge is 0.464 e. The Bertz CT molecular complexity index is 1110. The molecule has 8 nitrogen and oxygen atoms in total. The summed E-state index contributed by atoms with van der Waals surface area (Å²) in [6, 6.07) is 6.09. The highest BCUT2D eigenvalue weighted by atomic mass is 32.1. The van der Waals surface area contributed by atoms with Gasteiger partial charge in [0.2, 0.25) is 5.91 Å². The molecule has 0 aromatic carbocycles. The molecule has 4 rings (SSSR count). The van der Waals surface area contributed by atoms with Crippen molar-refractivity contribution in [3.05, 3.63) is 39.8 Å². The zero-order valence-electron chi connectivity index (χ0n) is 17.9. The van der Waals surface area contributed by atoms with Crippen molar-refractivity contribution in [1.82, 2.24) is 9.55 Å². The molecule has 164 valence electrons. The first-order chi connectivity index (χ1) is 15.0. The minimum Gasteiger partial charge on any atom is -0.464 e. The van der Waals surface area contributed by atoms with Crippen molar-refractivity contribution >= 4 is 45.6 Å². The Morgan fingerprint density at radius 1 is 1.39 bits per heavy atom. The van der Waals surface area contributed by atoms with Crippen molar-refractivity contribution in [2.45, 2.75) is 45.9 Å². The molecule has 3 aromatic rings. The topological polar surface area (TPSA) is 94.5 Å². The van der Waals surface area contributed by atoms with E-state index in [1.54, 1.807) is 22.1 Å². The van der Waals surface area contributed by atoms with Crippen LogP contribution in [0, 0.1) is 6.92 Å². The predicted octanol–water partition coefficient (Wildman–Crippen LogP) is 3.94. The third kappa shape index (κ3) is 4.57. The van der Waals surface area contributed by atoms with Gasteiger partial charge in [0, 0.05) is 35.2 Å². The third-order valence-corrected chi connectivity index (χ3v) is 6.25. The molecule has 1 aliphatic heterocycles. The maximum atomic E-state index is 12.7. The zero-order chi connectivity index (χ0) is 22.0. The molecule has 9 heteroatoms. The van der Waals surface area contributed by atoms with Crippen LogP contribution in [0.2, 0.25) is 0 Å². The SMILES string of the molecule is COC(=O)c1c(NC(C)=O)c2cc(NCc3ccc(C)s3)cnc2n1CC1CCCO1. The number of esters is 1. The lowest BCUT2D eigenvalue weighted by atomic mass is 10.2. The standard InChI is InChI=1S/C22H26N4O4S/c1-13-6-7-17(31-13)11-23-15-9-18-19(25-14(2)27)20(22(28)29-3)26(21(18)24-10-15)12-16-5-4-8-30-16/h6-7,9-10,16,23H,4-5,8,11-12H2,1-3H3,(H,25,27). The van der Waals surface area contributed by atoms with Crippen molar-refractivity contribution in [2.24, 2.45) is 0 Å². The van der Waals surface area contributed by atoms with Crippen LogP contribution in [-0.2, 0) is 27.4 Å². The number of thiophene rings is 1. The monoisotopic (exact) mass is 442 g/mol. The van der Waals surface area contributed by atoms with E-state index in [9.17, 15) is 9.59 Å². The summed E-state index contributed by atoms with van der Waals surface area (Å²) in [5.74, 6) is -0.794. The number of carbonyl (C=O) groups excluding carboxylic acids is 2. The lowest BCUT2D eigenvalue weighted by molar-refractivity contribution is -0.114. The molecule has 0 radical (unpaired) electrons. The molecule has 3 aromatic heterocycles. The summed E-state index contributed by atoms with van der Waals surface area (Å²) in [4.78, 5) is 31.7. The number of aromatic nitrogens is 2. The van der Waals surface area contributed by atoms with E-state index >= 15 is 0 Å². The molecule has 1 aliphatic rings. The lowest BCUT2D eigenvalue weighted by Gasteiger charge is -2.14. The van der Waals surface area contributed by atoms with Gasteiger partial charge in [-0.15, -0.1) is 11.3 Å². The number of nitrogens with zero attached hydrogens (tertiary/aromatic N) is 2. The highest BCUT2D eigenvalue weighted by Gasteiger charge is 2.28. The van der Waals surface area contributed by atoms with Gasteiger partial charge in [0.25, 0.3) is 0 Å². The van der Waals surface area contributed by atoms with Gasteiger partial charge in [-0.3, -0.25) is 4.79 Å². The molecule has 0 aliphatic carbocycles. The average Bonchev–Trinajstić information content (AvgIpc) is 3.47. The number of pyridine rings is 1. The van der Waals surface area contributed by atoms with E-state index in [0.717, 1.165) is 18.5 Å². The Hall–Kier alpha value is -2.91.